The van der Waals surface area contributed by atoms with Crippen LogP contribution in [0.4, 0.5) is 0 Å². The molecule has 28 nitrogen and oxygen atoms in total. The van der Waals surface area contributed by atoms with Crippen LogP contribution in [0.15, 0.2) is 133 Å². The van der Waals surface area contributed by atoms with Gasteiger partial charge in [-0.15, -0.1) is 0 Å². The van der Waals surface area contributed by atoms with E-state index < -0.39 is 78.7 Å². The van der Waals surface area contributed by atoms with Gasteiger partial charge in [-0.25, -0.2) is 28.8 Å². The predicted octanol–water partition coefficient (Wildman–Crippen LogP) is 18.6. The van der Waals surface area contributed by atoms with Crippen LogP contribution in [0.3, 0.4) is 0 Å². The largest absolute Gasteiger partial charge is 0.496 e. The number of carbonyl (C=O) groups is 8. The van der Waals surface area contributed by atoms with E-state index in [1.807, 2.05) is 0 Å². The van der Waals surface area contributed by atoms with Crippen LogP contribution in [0.5, 0.6) is 23.0 Å². The van der Waals surface area contributed by atoms with E-state index in [0.29, 0.717) is 12.2 Å². The predicted molar refractivity (Wildman–Crippen MR) is 553 cm³/mol. The van der Waals surface area contributed by atoms with Crippen molar-refractivity contribution in [3.63, 3.8) is 0 Å². The fourth-order valence-electron chi connectivity index (χ4n) is 21.2. The van der Waals surface area contributed by atoms with Gasteiger partial charge in [0.15, 0.2) is 12.2 Å². The van der Waals surface area contributed by atoms with Crippen LogP contribution < -0.4 is 18.9 Å². The number of nitrogens with zero attached hydrogens (tertiary/aromatic N) is 4. The summed E-state index contributed by atoms with van der Waals surface area (Å²) in [6, 6.07) is 49.3. The summed E-state index contributed by atoms with van der Waals surface area (Å²) in [4.78, 5) is 89.0. The van der Waals surface area contributed by atoms with Gasteiger partial charge in [-0.1, -0.05) is 125 Å². The molecule has 0 aromatic heterocycles. The van der Waals surface area contributed by atoms with E-state index in [2.05, 4.69) is 201 Å². The summed E-state index contributed by atoms with van der Waals surface area (Å²) in [5.74, 6) is -6.47. The number of ether oxygens (including phenoxy) is 5. The normalized spacial score (nSPS) is 17.8. The van der Waals surface area contributed by atoms with Gasteiger partial charge in [-0.3, -0.25) is 29.2 Å². The Morgan fingerprint density at radius 3 is 0.780 bits per heavy atom. The third-order valence-electron chi connectivity index (χ3n) is 28.0. The van der Waals surface area contributed by atoms with Crippen molar-refractivity contribution in [3.8, 4) is 23.0 Å². The highest BCUT2D eigenvalue weighted by Gasteiger charge is 2.41. The van der Waals surface area contributed by atoms with Crippen molar-refractivity contribution in [2.24, 2.45) is 0 Å². The lowest BCUT2D eigenvalue weighted by Gasteiger charge is -2.33. The highest BCUT2D eigenvalue weighted by molar-refractivity contribution is 6.15. The van der Waals surface area contributed by atoms with Gasteiger partial charge < -0.3 is 79.9 Å². The van der Waals surface area contributed by atoms with Crippen molar-refractivity contribution < 1.29 is 118 Å². The molecule has 12 aromatic rings. The van der Waals surface area contributed by atoms with Crippen molar-refractivity contribution in [1.29, 1.82) is 0 Å². The first-order chi connectivity index (χ1) is 65.3. The molecule has 141 heavy (non-hydrogen) atoms. The minimum atomic E-state index is -2.56. The van der Waals surface area contributed by atoms with E-state index in [1.54, 1.807) is 50.7 Å². The molecule has 20 rings (SSSR count). The zero-order valence-electron chi connectivity index (χ0n) is 79.9. The number of methoxy groups -OCH3 is 4. The molecule has 11 N–H and O–H groups in total. The Bertz CT molecular complexity index is 6030. The molecular formula is C113H140N4O24. The molecule has 756 valence electrons. The number of fused-ring (bicyclic) bond motifs is 28. The molecule has 0 bridgehead atoms. The highest BCUT2D eigenvalue weighted by Crippen LogP contribution is 2.48. The van der Waals surface area contributed by atoms with Crippen LogP contribution in [0.1, 0.15) is 183 Å². The Kier molecular flexibility index (Phi) is 38.1. The van der Waals surface area contributed by atoms with Crippen LogP contribution in [0.25, 0.3) is 86.2 Å². The Balaban J connectivity index is 0.000000187. The van der Waals surface area contributed by atoms with Crippen molar-refractivity contribution >= 4 is 134 Å². The number of benzene rings is 12. The van der Waals surface area contributed by atoms with E-state index in [1.165, 1.54) is 263 Å². The van der Waals surface area contributed by atoms with Gasteiger partial charge in [0.25, 0.3) is 6.47 Å². The third kappa shape index (κ3) is 24.6. The number of aliphatic hydroxyl groups is 4. The fraction of sp³-hybridized carbons (Fsp3) is 0.416. The fourth-order valence-corrected chi connectivity index (χ4v) is 21.2. The second kappa shape index (κ2) is 48.0. The molecule has 8 aliphatic heterocycles. The molecule has 0 radical (unpaired) electrons. The van der Waals surface area contributed by atoms with E-state index >= 15 is 0 Å². The second-order valence-corrected chi connectivity index (χ2v) is 37.3. The maximum Gasteiger partial charge on any atom is 0.339 e. The Labute approximate surface area is 824 Å². The molecule has 8 atom stereocenters. The summed E-state index contributed by atoms with van der Waals surface area (Å²) >= 11 is 0. The summed E-state index contributed by atoms with van der Waals surface area (Å²) in [5.41, 5.74) is 20.1. The molecule has 8 aliphatic rings. The highest BCUT2D eigenvalue weighted by atomic mass is 16.5. The molecule has 8 heterocycles. The summed E-state index contributed by atoms with van der Waals surface area (Å²) in [6.45, 7) is 27.0. The zero-order chi connectivity index (χ0) is 99.0. The number of aliphatic carboxylic acids is 7. The molecule has 0 aliphatic carbocycles. The first-order valence-electron chi connectivity index (χ1n) is 46.4. The van der Waals surface area contributed by atoms with Crippen LogP contribution >= 0.6 is 0 Å². The van der Waals surface area contributed by atoms with Gasteiger partial charge in [-0.05, 0) is 367 Å². The summed E-state index contributed by atoms with van der Waals surface area (Å²) in [7, 11) is 7.12. The molecular weight excluding hydrogens is 1800 g/mol. The molecule has 0 amide bonds. The van der Waals surface area contributed by atoms with E-state index in [-0.39, 0.29) is 36.2 Å². The average molecular weight is 1940 g/mol. The molecule has 28 heteroatoms. The number of aryl methyl sites for hydroxylation is 8. The van der Waals surface area contributed by atoms with Crippen molar-refractivity contribution in [2.45, 2.75) is 250 Å². The van der Waals surface area contributed by atoms with Gasteiger partial charge in [0.2, 0.25) is 5.60 Å². The standard InChI is InChI=1S/4C23H25NO.C6H8O7.C4H6O6.C4H4O4.C3H6O3.4CH4/c4*1-14-6-7-17-18(9-14)19-10-15(2)23(25-3)12-21(19)22-13-24-8-4-5-16(24)11-20(17)22;7-3-13-2-6(12,5(10)11)1-4(8)9;5-1(3(7)8)2(6)4(9)10;5-3(6)1-2-4(7)8;1-2(4)3(5)6;;;;/h4*6-7,9-10,12,16H,4-5,8,11,13H2,1-3H3;3,12H,1-2H2,(H,8,9)(H,10,11);1-2,5-6H,(H,7,8)(H,9,10);1-2H,(H,5,6)(H,7,8);2,4H,1H3,(H,5,6);4*1H4/b;;;;;;2-1-;;;;;/t4*16-;;;;;;;;/m0000......../s1. The van der Waals surface area contributed by atoms with Crippen molar-refractivity contribution in [1.82, 2.24) is 19.6 Å². The topological polar surface area (TPSA) is 418 Å². The smallest absolute Gasteiger partial charge is 0.339 e. The number of aliphatic hydroxyl groups excluding tert-OH is 3. The molecule has 4 unspecified atom stereocenters. The van der Waals surface area contributed by atoms with Crippen LogP contribution in [-0.2, 0) is 95.0 Å². The van der Waals surface area contributed by atoms with E-state index in [9.17, 15) is 38.4 Å². The lowest BCUT2D eigenvalue weighted by molar-refractivity contribution is -0.172. The lowest BCUT2D eigenvalue weighted by atomic mass is 9.84. The molecule has 0 saturated carbocycles. The Morgan fingerprint density at radius 1 is 0.355 bits per heavy atom. The maximum atomic E-state index is 10.4. The van der Waals surface area contributed by atoms with E-state index in [4.69, 9.17) is 75.1 Å². The number of carboxylic acids is 7. The minimum absolute atomic E-state index is 0. The molecule has 12 aromatic carbocycles. The molecule has 0 spiro atoms. The maximum absolute atomic E-state index is 10.4. The average Bonchev–Trinajstić information content (AvgIpc) is 1.73. The summed E-state index contributed by atoms with van der Waals surface area (Å²) in [6.07, 6.45) is 9.87. The van der Waals surface area contributed by atoms with Crippen molar-refractivity contribution in [3.05, 3.63) is 222 Å². The summed E-state index contributed by atoms with van der Waals surface area (Å²) in [5, 5.41) is 112. The first kappa shape index (κ1) is 112. The van der Waals surface area contributed by atoms with Gasteiger partial charge in [0, 0.05) is 62.5 Å². The van der Waals surface area contributed by atoms with Gasteiger partial charge in [0.05, 0.1) is 34.9 Å². The Morgan fingerprint density at radius 2 is 0.589 bits per heavy atom. The zero-order valence-corrected chi connectivity index (χ0v) is 79.9. The Hall–Kier alpha value is -12.9. The number of hydrogen-bond acceptors (Lipinski definition) is 21. The van der Waals surface area contributed by atoms with E-state index in [0.717, 1.165) is 73.3 Å². The van der Waals surface area contributed by atoms with Crippen molar-refractivity contribution in [2.75, 3.05) is 61.2 Å². The van der Waals surface area contributed by atoms with Gasteiger partial charge >= 0.3 is 41.8 Å². The SMILES string of the molecule is C.C.C.C.CC(O)C(=O)O.COc1cc2c3c(c4ccc(C)cc4c2cc1C)C[C@@H]1CCCN1C3.COc1cc2c3c(c4ccc(C)cc4c2cc1C)C[C@@H]1CCCN1C3.COc1cc2c3c(c4ccc(C)cc4c2cc1C)C[C@@H]1CCCN1C3.COc1cc2c3c(c4ccc(C)cc4c2cc1C)C[C@@H]1CCCN1C3.O=C(O)/C=C\C(=O)O.O=C(O)C(O)C(O)C(=O)O.O=COCC(O)(CC(=O)O)C(=O)O. The molecule has 4 saturated heterocycles. The second-order valence-electron chi connectivity index (χ2n) is 37.3. The van der Waals surface area contributed by atoms with Gasteiger partial charge in [0.1, 0.15) is 35.7 Å². The van der Waals surface area contributed by atoms with Crippen LogP contribution in [-0.4, -0.2) is 233 Å². The first-order valence-corrected chi connectivity index (χ1v) is 46.4. The number of carbonyl (C=O) groups excluding carboxylic acids is 1. The molecule has 4 fully saturated rings. The lowest BCUT2D eigenvalue weighted by Crippen LogP contribution is -2.45. The number of hydrogen-bond donors (Lipinski definition) is 11. The quantitative estimate of drug-likeness (QED) is 0.0243. The number of rotatable bonds is 16. The number of carboxylic acid groups (broad SMARTS) is 7. The summed E-state index contributed by atoms with van der Waals surface area (Å²) < 4.78 is 26.6. The minimum Gasteiger partial charge on any atom is -0.496 e. The monoisotopic (exact) mass is 1940 g/mol. The van der Waals surface area contributed by atoms with Crippen LogP contribution in [0, 0.1) is 55.4 Å². The van der Waals surface area contributed by atoms with Crippen LogP contribution in [0.2, 0.25) is 0 Å². The third-order valence-corrected chi connectivity index (χ3v) is 28.0. The van der Waals surface area contributed by atoms with Gasteiger partial charge in [-0.2, -0.15) is 0 Å².